The maximum atomic E-state index is 10.9. The standard InChI is InChI=1S/C24H27NO6/c1-28-21-6-3-5-18(11-21)13-25(15-22-7-4-10-30-22)14-20(27)17-31-23-9-8-19(16-26)12-24(23)29-2/h3-12,16,20,27H,13-15,17H2,1-2H3. The molecule has 0 saturated carbocycles. The summed E-state index contributed by atoms with van der Waals surface area (Å²) in [5, 5.41) is 10.6. The number of nitrogens with zero attached hydrogens (tertiary/aromatic N) is 1. The van der Waals surface area contributed by atoms with Crippen LogP contribution in [0, 0.1) is 0 Å². The van der Waals surface area contributed by atoms with E-state index in [1.807, 2.05) is 36.4 Å². The zero-order valence-corrected chi connectivity index (χ0v) is 17.7. The Labute approximate surface area is 181 Å². The third-order valence-corrected chi connectivity index (χ3v) is 4.72. The van der Waals surface area contributed by atoms with Gasteiger partial charge in [-0.1, -0.05) is 12.1 Å². The van der Waals surface area contributed by atoms with Crippen LogP contribution >= 0.6 is 0 Å². The monoisotopic (exact) mass is 425 g/mol. The molecule has 0 saturated heterocycles. The zero-order chi connectivity index (χ0) is 22.1. The van der Waals surface area contributed by atoms with Gasteiger partial charge in [0.15, 0.2) is 11.5 Å². The van der Waals surface area contributed by atoms with Gasteiger partial charge in [-0.2, -0.15) is 0 Å². The quantitative estimate of drug-likeness (QED) is 0.445. The molecule has 3 aromatic rings. The Morgan fingerprint density at radius 1 is 1.03 bits per heavy atom. The number of furan rings is 1. The molecule has 1 heterocycles. The van der Waals surface area contributed by atoms with Gasteiger partial charge in [0.2, 0.25) is 0 Å². The molecule has 0 bridgehead atoms. The molecule has 0 spiro atoms. The Kier molecular flexibility index (Phi) is 8.09. The van der Waals surface area contributed by atoms with Crippen molar-refractivity contribution in [3.63, 3.8) is 0 Å². The zero-order valence-electron chi connectivity index (χ0n) is 17.7. The molecular formula is C24H27NO6. The Balaban J connectivity index is 1.64. The Bertz CT molecular complexity index is 956. The van der Waals surface area contributed by atoms with Gasteiger partial charge < -0.3 is 23.7 Å². The van der Waals surface area contributed by atoms with Crippen molar-refractivity contribution >= 4 is 6.29 Å². The lowest BCUT2D eigenvalue weighted by Crippen LogP contribution is -2.35. The molecule has 1 N–H and O–H groups in total. The minimum Gasteiger partial charge on any atom is -0.497 e. The van der Waals surface area contributed by atoms with Crippen LogP contribution in [0.2, 0.25) is 0 Å². The van der Waals surface area contributed by atoms with E-state index in [2.05, 4.69) is 4.90 Å². The van der Waals surface area contributed by atoms with Gasteiger partial charge in [-0.05, 0) is 48.0 Å². The lowest BCUT2D eigenvalue weighted by Gasteiger charge is -2.25. The minimum absolute atomic E-state index is 0.0730. The molecule has 1 aromatic heterocycles. The maximum absolute atomic E-state index is 10.9. The first-order valence-electron chi connectivity index (χ1n) is 9.93. The number of aldehydes is 1. The van der Waals surface area contributed by atoms with Gasteiger partial charge in [0.05, 0.1) is 27.0 Å². The molecular weight excluding hydrogens is 398 g/mol. The van der Waals surface area contributed by atoms with Crippen molar-refractivity contribution in [2.75, 3.05) is 27.4 Å². The van der Waals surface area contributed by atoms with E-state index in [9.17, 15) is 9.90 Å². The second kappa shape index (κ2) is 11.2. The average molecular weight is 425 g/mol. The van der Waals surface area contributed by atoms with E-state index >= 15 is 0 Å². The van der Waals surface area contributed by atoms with Crippen molar-refractivity contribution in [3.8, 4) is 17.2 Å². The smallest absolute Gasteiger partial charge is 0.161 e. The van der Waals surface area contributed by atoms with Crippen molar-refractivity contribution < 1.29 is 28.5 Å². The van der Waals surface area contributed by atoms with Crippen molar-refractivity contribution in [1.29, 1.82) is 0 Å². The highest BCUT2D eigenvalue weighted by atomic mass is 16.5. The lowest BCUT2D eigenvalue weighted by atomic mass is 10.2. The number of carbonyl (C=O) groups excluding carboxylic acids is 1. The number of carbonyl (C=O) groups is 1. The van der Waals surface area contributed by atoms with Crippen LogP contribution in [0.3, 0.4) is 0 Å². The van der Waals surface area contributed by atoms with E-state index in [1.54, 1.807) is 31.6 Å². The van der Waals surface area contributed by atoms with Crippen LogP contribution in [-0.4, -0.2) is 49.8 Å². The molecule has 0 aliphatic rings. The van der Waals surface area contributed by atoms with Crippen LogP contribution in [0.25, 0.3) is 0 Å². The molecule has 0 fully saturated rings. The van der Waals surface area contributed by atoms with Gasteiger partial charge in [0, 0.05) is 18.7 Å². The highest BCUT2D eigenvalue weighted by molar-refractivity contribution is 5.76. The van der Waals surface area contributed by atoms with Crippen molar-refractivity contribution in [3.05, 3.63) is 77.7 Å². The van der Waals surface area contributed by atoms with Crippen LogP contribution in [0.15, 0.2) is 65.3 Å². The number of aliphatic hydroxyl groups is 1. The van der Waals surface area contributed by atoms with Crippen molar-refractivity contribution in [2.45, 2.75) is 19.2 Å². The van der Waals surface area contributed by atoms with Gasteiger partial charge in [0.25, 0.3) is 0 Å². The van der Waals surface area contributed by atoms with Crippen LogP contribution < -0.4 is 14.2 Å². The second-order valence-electron chi connectivity index (χ2n) is 7.09. The molecule has 1 atom stereocenters. The number of benzene rings is 2. The topological polar surface area (TPSA) is 81.4 Å². The molecule has 164 valence electrons. The van der Waals surface area contributed by atoms with Crippen molar-refractivity contribution in [2.24, 2.45) is 0 Å². The summed E-state index contributed by atoms with van der Waals surface area (Å²) in [4.78, 5) is 13.0. The fourth-order valence-corrected chi connectivity index (χ4v) is 3.25. The van der Waals surface area contributed by atoms with Crippen LogP contribution in [-0.2, 0) is 13.1 Å². The first-order chi connectivity index (χ1) is 15.1. The van der Waals surface area contributed by atoms with E-state index in [0.29, 0.717) is 36.7 Å². The summed E-state index contributed by atoms with van der Waals surface area (Å²) in [6.07, 6.45) is 1.62. The van der Waals surface area contributed by atoms with Gasteiger partial charge in [-0.3, -0.25) is 9.69 Å². The largest absolute Gasteiger partial charge is 0.497 e. The predicted molar refractivity (Wildman–Crippen MR) is 116 cm³/mol. The van der Waals surface area contributed by atoms with E-state index in [1.165, 1.54) is 7.11 Å². The molecule has 31 heavy (non-hydrogen) atoms. The van der Waals surface area contributed by atoms with Gasteiger partial charge in [0.1, 0.15) is 30.5 Å². The molecule has 1 unspecified atom stereocenters. The van der Waals surface area contributed by atoms with Crippen molar-refractivity contribution in [1.82, 2.24) is 4.90 Å². The second-order valence-corrected chi connectivity index (χ2v) is 7.09. The van der Waals surface area contributed by atoms with Crippen LogP contribution in [0.1, 0.15) is 21.7 Å². The first-order valence-corrected chi connectivity index (χ1v) is 9.93. The van der Waals surface area contributed by atoms with Crippen LogP contribution in [0.4, 0.5) is 0 Å². The Morgan fingerprint density at radius 2 is 1.90 bits per heavy atom. The number of hydrogen-bond acceptors (Lipinski definition) is 7. The van der Waals surface area contributed by atoms with E-state index in [-0.39, 0.29) is 6.61 Å². The third-order valence-electron chi connectivity index (χ3n) is 4.72. The molecule has 3 rings (SSSR count). The maximum Gasteiger partial charge on any atom is 0.161 e. The normalized spacial score (nSPS) is 11.9. The minimum atomic E-state index is -0.754. The highest BCUT2D eigenvalue weighted by Crippen LogP contribution is 2.27. The number of aliphatic hydroxyl groups excluding tert-OH is 1. The molecule has 2 aromatic carbocycles. The van der Waals surface area contributed by atoms with E-state index in [0.717, 1.165) is 23.4 Å². The SMILES string of the molecule is COc1cccc(CN(Cc2ccco2)CC(O)COc2ccc(C=O)cc2OC)c1. The predicted octanol–water partition coefficient (Wildman–Crippen LogP) is 3.55. The average Bonchev–Trinajstić information content (AvgIpc) is 3.30. The summed E-state index contributed by atoms with van der Waals surface area (Å²) in [5.74, 6) is 2.51. The summed E-state index contributed by atoms with van der Waals surface area (Å²) in [5.41, 5.74) is 1.55. The summed E-state index contributed by atoms with van der Waals surface area (Å²) in [6.45, 7) is 1.58. The first kappa shape index (κ1) is 22.4. The van der Waals surface area contributed by atoms with E-state index in [4.69, 9.17) is 18.6 Å². The Morgan fingerprint density at radius 3 is 2.61 bits per heavy atom. The summed E-state index contributed by atoms with van der Waals surface area (Å²) < 4.78 is 21.8. The number of hydrogen-bond donors (Lipinski definition) is 1. The Hall–Kier alpha value is -3.29. The number of methoxy groups -OCH3 is 2. The fourth-order valence-electron chi connectivity index (χ4n) is 3.25. The van der Waals surface area contributed by atoms with Gasteiger partial charge >= 0.3 is 0 Å². The van der Waals surface area contributed by atoms with Gasteiger partial charge in [-0.25, -0.2) is 0 Å². The molecule has 0 aliphatic heterocycles. The van der Waals surface area contributed by atoms with E-state index < -0.39 is 6.10 Å². The number of ether oxygens (including phenoxy) is 3. The highest BCUT2D eigenvalue weighted by Gasteiger charge is 2.16. The molecule has 0 aliphatic carbocycles. The summed E-state index contributed by atoms with van der Waals surface area (Å²) in [7, 11) is 3.14. The molecule has 0 radical (unpaired) electrons. The summed E-state index contributed by atoms with van der Waals surface area (Å²) >= 11 is 0. The van der Waals surface area contributed by atoms with Crippen LogP contribution in [0.5, 0.6) is 17.2 Å². The fraction of sp³-hybridized carbons (Fsp3) is 0.292. The lowest BCUT2D eigenvalue weighted by molar-refractivity contribution is 0.0595. The third kappa shape index (κ3) is 6.60. The number of rotatable bonds is 12. The molecule has 0 amide bonds. The summed E-state index contributed by atoms with van der Waals surface area (Å²) in [6, 6.07) is 16.5. The molecule has 7 nitrogen and oxygen atoms in total. The van der Waals surface area contributed by atoms with Gasteiger partial charge in [-0.15, -0.1) is 0 Å². The molecule has 7 heteroatoms.